The zero-order valence-electron chi connectivity index (χ0n) is 14.3. The van der Waals surface area contributed by atoms with Gasteiger partial charge in [-0.2, -0.15) is 0 Å². The second kappa shape index (κ2) is 13.5. The van der Waals surface area contributed by atoms with E-state index in [0.717, 1.165) is 51.7 Å². The molecule has 1 unspecified atom stereocenters. The molecule has 2 aliphatic rings. The third kappa shape index (κ3) is 9.95. The van der Waals surface area contributed by atoms with Crippen molar-refractivity contribution in [2.75, 3.05) is 52.4 Å². The van der Waals surface area contributed by atoms with E-state index >= 15 is 0 Å². The summed E-state index contributed by atoms with van der Waals surface area (Å²) in [6, 6.07) is 0.432. The lowest BCUT2D eigenvalue weighted by molar-refractivity contribution is -0.120. The summed E-state index contributed by atoms with van der Waals surface area (Å²) in [7, 11) is 0. The molecule has 23 heavy (non-hydrogen) atoms. The van der Waals surface area contributed by atoms with E-state index in [9.17, 15) is 4.79 Å². The van der Waals surface area contributed by atoms with Crippen LogP contribution in [0, 0.1) is 5.92 Å². The van der Waals surface area contributed by atoms with Crippen LogP contribution >= 0.6 is 37.2 Å². The normalized spacial score (nSPS) is 19.7. The second-order valence-electron chi connectivity index (χ2n) is 6.20. The first-order valence-electron chi connectivity index (χ1n) is 8.13. The van der Waals surface area contributed by atoms with E-state index in [1.54, 1.807) is 0 Å². The summed E-state index contributed by atoms with van der Waals surface area (Å²) in [5.74, 6) is 0.960. The first kappa shape index (κ1) is 25.5. The largest absolute Gasteiger partial charge is 0.353 e. The van der Waals surface area contributed by atoms with Crippen LogP contribution in [0.25, 0.3) is 0 Å². The van der Waals surface area contributed by atoms with Crippen molar-refractivity contribution in [3.05, 3.63) is 0 Å². The first-order valence-corrected chi connectivity index (χ1v) is 8.13. The summed E-state index contributed by atoms with van der Waals surface area (Å²) >= 11 is 0. The molecule has 1 amide bonds. The van der Waals surface area contributed by atoms with Crippen LogP contribution < -0.4 is 10.6 Å². The molecule has 0 radical (unpaired) electrons. The van der Waals surface area contributed by atoms with Gasteiger partial charge in [-0.15, -0.1) is 37.2 Å². The van der Waals surface area contributed by atoms with E-state index in [1.165, 1.54) is 12.8 Å². The highest BCUT2D eigenvalue weighted by molar-refractivity contribution is 5.86. The fourth-order valence-electron chi connectivity index (χ4n) is 2.69. The van der Waals surface area contributed by atoms with Gasteiger partial charge in [-0.25, -0.2) is 0 Å². The fourth-order valence-corrected chi connectivity index (χ4v) is 2.69. The van der Waals surface area contributed by atoms with E-state index in [4.69, 9.17) is 0 Å². The number of halogens is 3. The highest BCUT2D eigenvalue weighted by Crippen LogP contribution is 2.27. The highest BCUT2D eigenvalue weighted by atomic mass is 35.5. The number of piperazine rings is 1. The molecule has 2 N–H and O–H groups in total. The fraction of sp³-hybridized carbons (Fsp3) is 0.933. The van der Waals surface area contributed by atoms with E-state index in [-0.39, 0.29) is 43.1 Å². The van der Waals surface area contributed by atoms with Crippen LogP contribution in [0.3, 0.4) is 0 Å². The van der Waals surface area contributed by atoms with E-state index in [1.807, 2.05) is 0 Å². The lowest BCUT2D eigenvalue weighted by Gasteiger charge is -2.37. The molecule has 1 aliphatic carbocycles. The predicted octanol–water partition coefficient (Wildman–Crippen LogP) is 1.39. The quantitative estimate of drug-likeness (QED) is 0.656. The number of nitrogens with one attached hydrogen (secondary N) is 2. The number of hydrogen-bond acceptors (Lipinski definition) is 4. The third-order valence-electron chi connectivity index (χ3n) is 4.49. The first-order chi connectivity index (χ1) is 9.69. The highest BCUT2D eigenvalue weighted by Gasteiger charge is 2.21. The molecule has 0 aromatic rings. The molecule has 1 saturated carbocycles. The average molecular weight is 392 g/mol. The van der Waals surface area contributed by atoms with Gasteiger partial charge in [-0.3, -0.25) is 9.69 Å². The Morgan fingerprint density at radius 3 is 2.26 bits per heavy atom. The maximum absolute atomic E-state index is 11.7. The number of rotatable bonds is 8. The number of hydrogen-bond donors (Lipinski definition) is 2. The molecule has 1 saturated heterocycles. The summed E-state index contributed by atoms with van der Waals surface area (Å²) in [4.78, 5) is 16.7. The molecule has 2 rings (SSSR count). The molecule has 140 valence electrons. The summed E-state index contributed by atoms with van der Waals surface area (Å²) in [6.07, 6.45) is 2.66. The van der Waals surface area contributed by atoms with Gasteiger partial charge in [-0.1, -0.05) is 6.92 Å². The van der Waals surface area contributed by atoms with Gasteiger partial charge >= 0.3 is 0 Å². The van der Waals surface area contributed by atoms with Crippen molar-refractivity contribution in [1.82, 2.24) is 20.4 Å². The van der Waals surface area contributed by atoms with E-state index in [2.05, 4.69) is 34.3 Å². The minimum absolute atomic E-state index is 0. The van der Waals surface area contributed by atoms with E-state index in [0.29, 0.717) is 12.6 Å². The van der Waals surface area contributed by atoms with Gasteiger partial charge in [0.25, 0.3) is 0 Å². The van der Waals surface area contributed by atoms with Crippen molar-refractivity contribution in [3.63, 3.8) is 0 Å². The van der Waals surface area contributed by atoms with Crippen LogP contribution in [0.4, 0.5) is 0 Å². The monoisotopic (exact) mass is 390 g/mol. The van der Waals surface area contributed by atoms with Crippen LogP contribution in [0.15, 0.2) is 0 Å². The average Bonchev–Trinajstić information content (AvgIpc) is 3.29. The summed E-state index contributed by atoms with van der Waals surface area (Å²) in [5, 5.41) is 6.27. The molecule has 0 aromatic heterocycles. The zero-order chi connectivity index (χ0) is 14.4. The Labute approximate surface area is 159 Å². The molecule has 1 atom stereocenters. The van der Waals surface area contributed by atoms with Gasteiger partial charge in [0.05, 0.1) is 6.54 Å². The number of nitrogens with zero attached hydrogens (tertiary/aromatic N) is 2. The van der Waals surface area contributed by atoms with Gasteiger partial charge in [0, 0.05) is 38.8 Å². The third-order valence-corrected chi connectivity index (χ3v) is 4.49. The van der Waals surface area contributed by atoms with Crippen molar-refractivity contribution >= 4 is 43.1 Å². The lowest BCUT2D eigenvalue weighted by atomic mass is 10.2. The van der Waals surface area contributed by atoms with Crippen molar-refractivity contribution in [2.45, 2.75) is 32.7 Å². The summed E-state index contributed by atoms with van der Waals surface area (Å²) in [5.41, 5.74) is 0. The number of amides is 1. The minimum atomic E-state index is 0. The Morgan fingerprint density at radius 1 is 1.13 bits per heavy atom. The lowest BCUT2D eigenvalue weighted by Crippen LogP contribution is -2.52. The molecular weight excluding hydrogens is 359 g/mol. The Hall–Kier alpha value is 0.220. The van der Waals surface area contributed by atoms with Crippen molar-refractivity contribution in [3.8, 4) is 0 Å². The van der Waals surface area contributed by atoms with Crippen LogP contribution in [-0.2, 0) is 4.79 Å². The van der Waals surface area contributed by atoms with Crippen LogP contribution in [0.1, 0.15) is 26.7 Å². The smallest absolute Gasteiger partial charge is 0.234 e. The van der Waals surface area contributed by atoms with Gasteiger partial charge in [0.1, 0.15) is 0 Å². The molecule has 0 spiro atoms. The van der Waals surface area contributed by atoms with Crippen molar-refractivity contribution in [1.29, 1.82) is 0 Å². The van der Waals surface area contributed by atoms with Gasteiger partial charge < -0.3 is 15.5 Å². The molecule has 0 bridgehead atoms. The molecule has 0 aromatic carbocycles. The molecule has 1 aliphatic heterocycles. The number of likely N-dealkylation sites (N-methyl/N-ethyl adjacent to an activating group) is 1. The van der Waals surface area contributed by atoms with Crippen molar-refractivity contribution < 1.29 is 4.79 Å². The van der Waals surface area contributed by atoms with Crippen LogP contribution in [0.2, 0.25) is 0 Å². The Morgan fingerprint density at radius 2 is 1.74 bits per heavy atom. The topological polar surface area (TPSA) is 47.6 Å². The minimum Gasteiger partial charge on any atom is -0.353 e. The maximum atomic E-state index is 11.7. The number of carbonyl (C=O) groups is 1. The molecular formula is C15H33Cl3N4O. The van der Waals surface area contributed by atoms with Crippen molar-refractivity contribution in [2.24, 2.45) is 5.92 Å². The summed E-state index contributed by atoms with van der Waals surface area (Å²) in [6.45, 7) is 12.3. The van der Waals surface area contributed by atoms with Crippen LogP contribution in [-0.4, -0.2) is 74.1 Å². The Kier molecular flexibility index (Phi) is 14.9. The van der Waals surface area contributed by atoms with Gasteiger partial charge in [0.15, 0.2) is 0 Å². The Bertz CT molecular complexity index is 311. The van der Waals surface area contributed by atoms with Gasteiger partial charge in [0.2, 0.25) is 5.91 Å². The molecule has 1 heterocycles. The van der Waals surface area contributed by atoms with Crippen LogP contribution in [0.5, 0.6) is 0 Å². The SMILES string of the molecule is CCN1CCN(C(C)CNC(=O)CNCC2CC2)CC1.Cl.Cl.Cl. The number of carbonyl (C=O) groups excluding carboxylic acids is 1. The predicted molar refractivity (Wildman–Crippen MR) is 103 cm³/mol. The zero-order valence-corrected chi connectivity index (χ0v) is 16.7. The Balaban J connectivity index is 0. The molecule has 5 nitrogen and oxygen atoms in total. The molecule has 2 fully saturated rings. The molecule has 8 heteroatoms. The second-order valence-corrected chi connectivity index (χ2v) is 6.20. The van der Waals surface area contributed by atoms with Gasteiger partial charge in [-0.05, 0) is 38.8 Å². The maximum Gasteiger partial charge on any atom is 0.234 e. The summed E-state index contributed by atoms with van der Waals surface area (Å²) < 4.78 is 0. The van der Waals surface area contributed by atoms with E-state index < -0.39 is 0 Å². The standard InChI is InChI=1S/C15H30N4O.3ClH/c1-3-18-6-8-19(9-7-18)13(2)10-17-15(20)12-16-11-14-4-5-14;;;/h13-14,16H,3-12H2,1-2H3,(H,17,20);3*1H.